The van der Waals surface area contributed by atoms with Crippen LogP contribution in [0, 0.1) is 5.82 Å². The highest BCUT2D eigenvalue weighted by Gasteiger charge is 2.21. The van der Waals surface area contributed by atoms with Crippen molar-refractivity contribution in [3.8, 4) is 0 Å². The third-order valence-corrected chi connectivity index (χ3v) is 5.34. The third-order valence-electron chi connectivity index (χ3n) is 4.36. The van der Waals surface area contributed by atoms with Crippen LogP contribution in [-0.4, -0.2) is 38.2 Å². The molecule has 6 heteroatoms. The van der Waals surface area contributed by atoms with Crippen molar-refractivity contribution in [2.45, 2.75) is 28.7 Å². The fourth-order valence-electron chi connectivity index (χ4n) is 3.02. The molecule has 1 aliphatic rings. The summed E-state index contributed by atoms with van der Waals surface area (Å²) in [6.45, 7) is 2.17. The lowest BCUT2D eigenvalue weighted by Crippen LogP contribution is -2.23. The zero-order chi connectivity index (χ0) is 18.5. The summed E-state index contributed by atoms with van der Waals surface area (Å²) < 4.78 is 18.8. The van der Waals surface area contributed by atoms with E-state index in [4.69, 9.17) is 4.74 Å². The highest BCUT2D eigenvalue weighted by atomic mass is 32.2. The molecule has 0 radical (unpaired) electrons. The van der Waals surface area contributed by atoms with E-state index in [0.29, 0.717) is 5.92 Å². The zero-order valence-electron chi connectivity index (χ0n) is 15.0. The van der Waals surface area contributed by atoms with E-state index in [1.807, 2.05) is 12.1 Å². The predicted molar refractivity (Wildman–Crippen MR) is 101 cm³/mol. The number of halogens is 1. The smallest absolute Gasteiger partial charge is 0.409 e. The molecule has 26 heavy (non-hydrogen) atoms. The van der Waals surface area contributed by atoms with Gasteiger partial charge < -0.3 is 15.0 Å². The van der Waals surface area contributed by atoms with Gasteiger partial charge in [-0.1, -0.05) is 23.9 Å². The molecule has 4 nitrogen and oxygen atoms in total. The average Bonchev–Trinajstić information content (AvgIpc) is 3.14. The van der Waals surface area contributed by atoms with E-state index in [2.05, 4.69) is 17.4 Å². The number of rotatable bonds is 5. The van der Waals surface area contributed by atoms with Crippen LogP contribution in [0.5, 0.6) is 0 Å². The van der Waals surface area contributed by atoms with Gasteiger partial charge in [0, 0.05) is 30.4 Å². The van der Waals surface area contributed by atoms with Crippen LogP contribution in [0.4, 0.5) is 9.18 Å². The first-order chi connectivity index (χ1) is 12.5. The Bertz CT molecular complexity index is 776. The third kappa shape index (κ3) is 4.77. The van der Waals surface area contributed by atoms with Crippen LogP contribution in [0.1, 0.15) is 23.5 Å². The topological polar surface area (TPSA) is 41.6 Å². The monoisotopic (exact) mass is 374 g/mol. The molecular formula is C20H23FN2O2S. The molecule has 1 saturated heterocycles. The highest BCUT2D eigenvalue weighted by molar-refractivity contribution is 7.99. The van der Waals surface area contributed by atoms with Crippen molar-refractivity contribution >= 4 is 17.9 Å². The van der Waals surface area contributed by atoms with Crippen molar-refractivity contribution in [3.63, 3.8) is 0 Å². The van der Waals surface area contributed by atoms with Crippen LogP contribution in [0.2, 0.25) is 0 Å². The van der Waals surface area contributed by atoms with Gasteiger partial charge in [-0.25, -0.2) is 9.18 Å². The summed E-state index contributed by atoms with van der Waals surface area (Å²) in [5, 5.41) is 3.38. The lowest BCUT2D eigenvalue weighted by atomic mass is 9.94. The average molecular weight is 374 g/mol. The van der Waals surface area contributed by atoms with Gasteiger partial charge in [0.2, 0.25) is 0 Å². The maximum absolute atomic E-state index is 13.4. The lowest BCUT2D eigenvalue weighted by molar-refractivity contribution is 0.111. The molecule has 1 N–H and O–H groups in total. The Morgan fingerprint density at radius 1 is 1.27 bits per heavy atom. The van der Waals surface area contributed by atoms with Crippen LogP contribution in [0.15, 0.2) is 52.3 Å². The molecular weight excluding hydrogens is 351 g/mol. The van der Waals surface area contributed by atoms with Gasteiger partial charge >= 0.3 is 6.09 Å². The molecule has 0 aliphatic carbocycles. The van der Waals surface area contributed by atoms with E-state index in [0.717, 1.165) is 34.9 Å². The van der Waals surface area contributed by atoms with Crippen LogP contribution < -0.4 is 5.32 Å². The molecule has 0 bridgehead atoms. The lowest BCUT2D eigenvalue weighted by Gasteiger charge is -2.18. The minimum Gasteiger partial charge on any atom is -0.445 e. The Morgan fingerprint density at radius 3 is 2.77 bits per heavy atom. The van der Waals surface area contributed by atoms with E-state index >= 15 is 0 Å². The second-order valence-electron chi connectivity index (χ2n) is 6.56. The Balaban J connectivity index is 1.82. The van der Waals surface area contributed by atoms with E-state index in [9.17, 15) is 9.18 Å². The summed E-state index contributed by atoms with van der Waals surface area (Å²) in [5.74, 6) is 0.181. The normalized spacial score (nSPS) is 16.5. The minimum atomic E-state index is -0.358. The fourth-order valence-corrected chi connectivity index (χ4v) is 3.95. The number of carbonyl (C=O) groups excluding carboxylic acids is 1. The summed E-state index contributed by atoms with van der Waals surface area (Å²) in [4.78, 5) is 15.1. The summed E-state index contributed by atoms with van der Waals surface area (Å²) in [7, 11) is 3.33. The first-order valence-electron chi connectivity index (χ1n) is 8.64. The number of nitrogens with one attached hydrogen (secondary N) is 1. The Hall–Kier alpha value is -2.05. The number of amides is 1. The number of ether oxygens (including phenoxy) is 1. The summed E-state index contributed by atoms with van der Waals surface area (Å²) >= 11 is 1.50. The van der Waals surface area contributed by atoms with Gasteiger partial charge in [-0.05, 0) is 60.3 Å². The first-order valence-corrected chi connectivity index (χ1v) is 9.45. The molecule has 0 spiro atoms. The Kier molecular flexibility index (Phi) is 6.16. The molecule has 1 unspecified atom stereocenters. The molecule has 1 fully saturated rings. The van der Waals surface area contributed by atoms with Crippen LogP contribution in [-0.2, 0) is 11.3 Å². The molecule has 2 aromatic carbocycles. The van der Waals surface area contributed by atoms with Gasteiger partial charge in [0.25, 0.3) is 0 Å². The second-order valence-corrected chi connectivity index (χ2v) is 7.71. The van der Waals surface area contributed by atoms with Crippen LogP contribution in [0.3, 0.4) is 0 Å². The Morgan fingerprint density at radius 2 is 2.08 bits per heavy atom. The number of carbonyl (C=O) groups is 1. The van der Waals surface area contributed by atoms with Crippen molar-refractivity contribution in [3.05, 3.63) is 59.4 Å². The SMILES string of the molecule is CN(C)C(=O)OCc1cc(Sc2cccc(F)c2)ccc1C1CCNC1. The fraction of sp³-hybridized carbons (Fsp3) is 0.350. The second kappa shape index (κ2) is 8.56. The molecule has 1 amide bonds. The van der Waals surface area contributed by atoms with Crippen molar-refractivity contribution < 1.29 is 13.9 Å². The van der Waals surface area contributed by atoms with Crippen molar-refractivity contribution in [2.24, 2.45) is 0 Å². The molecule has 1 heterocycles. The predicted octanol–water partition coefficient (Wildman–Crippen LogP) is 4.25. The van der Waals surface area contributed by atoms with Gasteiger partial charge in [-0.15, -0.1) is 0 Å². The van der Waals surface area contributed by atoms with Crippen molar-refractivity contribution in [1.29, 1.82) is 0 Å². The van der Waals surface area contributed by atoms with Crippen molar-refractivity contribution in [2.75, 3.05) is 27.2 Å². The number of benzene rings is 2. The molecule has 1 aliphatic heterocycles. The van der Waals surface area contributed by atoms with Gasteiger partial charge in [0.1, 0.15) is 12.4 Å². The molecule has 2 aromatic rings. The number of hydrogen-bond donors (Lipinski definition) is 1. The van der Waals surface area contributed by atoms with Gasteiger partial charge in [0.15, 0.2) is 0 Å². The molecule has 1 atom stereocenters. The number of hydrogen-bond acceptors (Lipinski definition) is 4. The quantitative estimate of drug-likeness (QED) is 0.849. The zero-order valence-corrected chi connectivity index (χ0v) is 15.8. The summed E-state index contributed by atoms with van der Waals surface area (Å²) in [6.07, 6.45) is 0.717. The Labute approximate surface area is 157 Å². The van der Waals surface area contributed by atoms with Crippen LogP contribution >= 0.6 is 11.8 Å². The van der Waals surface area contributed by atoms with Gasteiger partial charge in [-0.3, -0.25) is 0 Å². The summed E-state index contributed by atoms with van der Waals surface area (Å²) in [5.41, 5.74) is 2.22. The minimum absolute atomic E-state index is 0.237. The van der Waals surface area contributed by atoms with Gasteiger partial charge in [-0.2, -0.15) is 0 Å². The standard InChI is InChI=1S/C20H23FN2O2S/c1-23(2)20(24)25-13-15-10-18(26-17-5-3-4-16(21)11-17)6-7-19(15)14-8-9-22-12-14/h3-7,10-11,14,22H,8-9,12-13H2,1-2H3. The maximum Gasteiger partial charge on any atom is 0.409 e. The van der Waals surface area contributed by atoms with Crippen molar-refractivity contribution in [1.82, 2.24) is 10.2 Å². The maximum atomic E-state index is 13.4. The molecule has 0 saturated carbocycles. The molecule has 0 aromatic heterocycles. The van der Waals surface area contributed by atoms with E-state index in [-0.39, 0.29) is 18.5 Å². The van der Waals surface area contributed by atoms with Gasteiger partial charge in [0.05, 0.1) is 0 Å². The van der Waals surface area contributed by atoms with E-state index in [1.165, 1.54) is 34.4 Å². The first kappa shape index (κ1) is 18.7. The molecule has 138 valence electrons. The largest absolute Gasteiger partial charge is 0.445 e. The number of nitrogens with zero attached hydrogens (tertiary/aromatic N) is 1. The highest BCUT2D eigenvalue weighted by Crippen LogP contribution is 2.33. The van der Waals surface area contributed by atoms with E-state index in [1.54, 1.807) is 20.2 Å². The summed E-state index contributed by atoms with van der Waals surface area (Å²) in [6, 6.07) is 12.8. The van der Waals surface area contributed by atoms with E-state index < -0.39 is 0 Å². The van der Waals surface area contributed by atoms with Crippen LogP contribution in [0.25, 0.3) is 0 Å². The molecule has 3 rings (SSSR count).